The number of aliphatic carboxylic acids is 1. The molecule has 0 bridgehead atoms. The van der Waals surface area contributed by atoms with Crippen LogP contribution in [-0.4, -0.2) is 37.5 Å². The second kappa shape index (κ2) is 13.4. The van der Waals surface area contributed by atoms with E-state index < -0.39 is 12.1 Å². The Bertz CT molecular complexity index is 1490. The average Bonchev–Trinajstić information content (AvgIpc) is 3.14. The van der Waals surface area contributed by atoms with Crippen LogP contribution in [0.4, 0.5) is 0 Å². The van der Waals surface area contributed by atoms with Gasteiger partial charge in [0.15, 0.2) is 6.10 Å². The molecule has 1 N–H and O–H groups in total. The molecule has 210 valence electrons. The topological polar surface area (TPSA) is 65.0 Å². The molecule has 4 aromatic carbocycles. The zero-order valence-electron chi connectivity index (χ0n) is 23.6. The first kappa shape index (κ1) is 28.3. The third-order valence-electron chi connectivity index (χ3n) is 7.53. The molecule has 41 heavy (non-hydrogen) atoms. The quantitative estimate of drug-likeness (QED) is 0.192. The number of hydrogen-bond acceptors (Lipinski definition) is 4. The SMILES string of the molecule is COC(Cc1ccc(OCCOC2c3ccc(C)cc3C=Cc3c(CCc4ccccc4)cccc32)cc1)C(=O)O. The molecule has 0 radical (unpaired) electrons. The number of aryl methyl sites for hydroxylation is 3. The minimum absolute atomic E-state index is 0.208. The molecule has 0 saturated carbocycles. The van der Waals surface area contributed by atoms with Crippen molar-refractivity contribution in [2.75, 3.05) is 20.3 Å². The highest BCUT2D eigenvalue weighted by Gasteiger charge is 2.24. The van der Waals surface area contributed by atoms with E-state index in [1.54, 1.807) is 0 Å². The second-order valence-corrected chi connectivity index (χ2v) is 10.4. The molecule has 0 heterocycles. The normalized spacial score (nSPS) is 14.5. The van der Waals surface area contributed by atoms with Crippen LogP contribution in [0.1, 0.15) is 50.6 Å². The summed E-state index contributed by atoms with van der Waals surface area (Å²) < 4.78 is 17.6. The van der Waals surface area contributed by atoms with Crippen molar-refractivity contribution in [1.29, 1.82) is 0 Å². The molecule has 1 aliphatic carbocycles. The minimum Gasteiger partial charge on any atom is -0.491 e. The van der Waals surface area contributed by atoms with Gasteiger partial charge in [-0.1, -0.05) is 96.6 Å². The summed E-state index contributed by atoms with van der Waals surface area (Å²) in [5.41, 5.74) is 9.47. The molecule has 1 aliphatic rings. The average molecular weight is 549 g/mol. The van der Waals surface area contributed by atoms with Gasteiger partial charge < -0.3 is 19.3 Å². The van der Waals surface area contributed by atoms with Crippen molar-refractivity contribution in [3.63, 3.8) is 0 Å². The van der Waals surface area contributed by atoms with Crippen LogP contribution in [0.15, 0.2) is 91.0 Å². The molecular weight excluding hydrogens is 512 g/mol. The zero-order chi connectivity index (χ0) is 28.6. The third kappa shape index (κ3) is 7.12. The Hall–Kier alpha value is -4.19. The van der Waals surface area contributed by atoms with E-state index in [0.29, 0.717) is 25.4 Å². The smallest absolute Gasteiger partial charge is 0.333 e. The lowest BCUT2D eigenvalue weighted by molar-refractivity contribution is -0.148. The molecule has 4 aromatic rings. The molecule has 0 aromatic heterocycles. The van der Waals surface area contributed by atoms with Gasteiger partial charge in [0.2, 0.25) is 0 Å². The Balaban J connectivity index is 1.29. The van der Waals surface area contributed by atoms with Crippen LogP contribution in [-0.2, 0) is 33.5 Å². The Morgan fingerprint density at radius 3 is 2.39 bits per heavy atom. The number of methoxy groups -OCH3 is 1. The Morgan fingerprint density at radius 2 is 1.63 bits per heavy atom. The summed E-state index contributed by atoms with van der Waals surface area (Å²) >= 11 is 0. The van der Waals surface area contributed by atoms with Gasteiger partial charge in [-0.2, -0.15) is 0 Å². The summed E-state index contributed by atoms with van der Waals surface area (Å²) in [6, 6.07) is 31.1. The van der Waals surface area contributed by atoms with Gasteiger partial charge in [0, 0.05) is 13.5 Å². The van der Waals surface area contributed by atoms with Crippen LogP contribution in [0.5, 0.6) is 5.75 Å². The number of carboxylic acids is 1. The van der Waals surface area contributed by atoms with Gasteiger partial charge in [-0.25, -0.2) is 4.79 Å². The molecule has 0 aliphatic heterocycles. The number of benzene rings is 4. The maximum Gasteiger partial charge on any atom is 0.333 e. The van der Waals surface area contributed by atoms with Crippen molar-refractivity contribution in [3.05, 3.63) is 136 Å². The second-order valence-electron chi connectivity index (χ2n) is 10.4. The molecule has 0 fully saturated rings. The van der Waals surface area contributed by atoms with E-state index in [1.807, 2.05) is 24.3 Å². The van der Waals surface area contributed by atoms with E-state index in [1.165, 1.54) is 40.5 Å². The maximum atomic E-state index is 11.2. The number of carbonyl (C=O) groups is 1. The lowest BCUT2D eigenvalue weighted by atomic mass is 9.91. The Kier molecular flexibility index (Phi) is 9.29. The van der Waals surface area contributed by atoms with Gasteiger partial charge in [0.05, 0.1) is 6.61 Å². The van der Waals surface area contributed by atoms with Crippen LogP contribution in [0, 0.1) is 6.92 Å². The molecular formula is C36H36O5. The van der Waals surface area contributed by atoms with E-state index in [4.69, 9.17) is 14.2 Å². The standard InChI is InChI=1S/C36H36O5/c1-25-11-19-32-29(23-25)16-20-31-28(15-12-26-7-4-3-5-8-26)9-6-10-33(31)35(32)41-22-21-40-30-17-13-27(14-18-30)24-34(39-2)36(37)38/h3-11,13-14,16-20,23,34-35H,12,15,21-22,24H2,1-2H3,(H,37,38). The van der Waals surface area contributed by atoms with Crippen molar-refractivity contribution in [3.8, 4) is 5.75 Å². The third-order valence-corrected chi connectivity index (χ3v) is 7.53. The Morgan fingerprint density at radius 1 is 0.829 bits per heavy atom. The van der Waals surface area contributed by atoms with E-state index in [0.717, 1.165) is 24.0 Å². The highest BCUT2D eigenvalue weighted by molar-refractivity contribution is 5.78. The highest BCUT2D eigenvalue weighted by Crippen LogP contribution is 2.37. The van der Waals surface area contributed by atoms with Crippen molar-refractivity contribution < 1.29 is 24.1 Å². The molecule has 0 saturated heterocycles. The van der Waals surface area contributed by atoms with Gasteiger partial charge in [-0.3, -0.25) is 0 Å². The number of hydrogen-bond donors (Lipinski definition) is 1. The minimum atomic E-state index is -0.972. The summed E-state index contributed by atoms with van der Waals surface area (Å²) in [6.45, 7) is 2.92. The fourth-order valence-corrected chi connectivity index (χ4v) is 5.34. The van der Waals surface area contributed by atoms with Crippen molar-refractivity contribution in [2.45, 2.75) is 38.4 Å². The first-order chi connectivity index (χ1) is 20.0. The van der Waals surface area contributed by atoms with Crippen molar-refractivity contribution in [2.24, 2.45) is 0 Å². The number of carboxylic acid groups (broad SMARTS) is 1. The summed E-state index contributed by atoms with van der Waals surface area (Å²) in [7, 11) is 1.41. The lowest BCUT2D eigenvalue weighted by Crippen LogP contribution is -2.24. The molecule has 2 atom stereocenters. The largest absolute Gasteiger partial charge is 0.491 e. The predicted molar refractivity (Wildman–Crippen MR) is 162 cm³/mol. The number of fused-ring (bicyclic) bond motifs is 2. The first-order valence-electron chi connectivity index (χ1n) is 14.0. The van der Waals surface area contributed by atoms with Crippen LogP contribution in [0.3, 0.4) is 0 Å². The van der Waals surface area contributed by atoms with Crippen LogP contribution < -0.4 is 4.74 Å². The molecule has 5 nitrogen and oxygen atoms in total. The first-order valence-corrected chi connectivity index (χ1v) is 14.0. The van der Waals surface area contributed by atoms with Gasteiger partial charge in [-0.05, 0) is 70.8 Å². The summed E-state index contributed by atoms with van der Waals surface area (Å²) in [6.07, 6.45) is 5.63. The monoisotopic (exact) mass is 548 g/mol. The number of ether oxygens (including phenoxy) is 3. The summed E-state index contributed by atoms with van der Waals surface area (Å²) in [5, 5.41) is 9.22. The van der Waals surface area contributed by atoms with Crippen LogP contribution in [0.2, 0.25) is 0 Å². The fourth-order valence-electron chi connectivity index (χ4n) is 5.34. The van der Waals surface area contributed by atoms with Crippen LogP contribution >= 0.6 is 0 Å². The predicted octanol–water partition coefficient (Wildman–Crippen LogP) is 7.09. The molecule has 5 heteroatoms. The van der Waals surface area contributed by atoms with Crippen molar-refractivity contribution in [1.82, 2.24) is 0 Å². The van der Waals surface area contributed by atoms with Crippen molar-refractivity contribution >= 4 is 18.1 Å². The maximum absolute atomic E-state index is 11.2. The molecule has 0 amide bonds. The van der Waals surface area contributed by atoms with E-state index in [9.17, 15) is 9.90 Å². The molecule has 2 unspecified atom stereocenters. The molecule has 5 rings (SSSR count). The molecule has 0 spiro atoms. The zero-order valence-corrected chi connectivity index (χ0v) is 23.6. The summed E-state index contributed by atoms with van der Waals surface area (Å²) in [4.78, 5) is 11.2. The van der Waals surface area contributed by atoms with Gasteiger partial charge >= 0.3 is 5.97 Å². The fraction of sp³-hybridized carbons (Fsp3) is 0.250. The van der Waals surface area contributed by atoms with E-state index in [-0.39, 0.29) is 6.10 Å². The van der Waals surface area contributed by atoms with E-state index >= 15 is 0 Å². The highest BCUT2D eigenvalue weighted by atomic mass is 16.5. The van der Waals surface area contributed by atoms with Gasteiger partial charge in [-0.15, -0.1) is 0 Å². The van der Waals surface area contributed by atoms with Gasteiger partial charge in [0.25, 0.3) is 0 Å². The van der Waals surface area contributed by atoms with Crippen LogP contribution in [0.25, 0.3) is 12.2 Å². The lowest BCUT2D eigenvalue weighted by Gasteiger charge is -2.23. The van der Waals surface area contributed by atoms with Gasteiger partial charge in [0.1, 0.15) is 18.5 Å². The number of rotatable bonds is 12. The summed E-state index contributed by atoms with van der Waals surface area (Å²) in [5.74, 6) is -0.260. The van der Waals surface area contributed by atoms with E-state index in [2.05, 4.69) is 85.8 Å². The Labute approximate surface area is 242 Å².